The van der Waals surface area contributed by atoms with Crippen molar-refractivity contribution in [2.45, 2.75) is 25.2 Å². The maximum atomic E-state index is 13.2. The second-order valence-electron chi connectivity index (χ2n) is 7.46. The number of pyridine rings is 2. The lowest BCUT2D eigenvalue weighted by Gasteiger charge is -2.16. The van der Waals surface area contributed by atoms with Gasteiger partial charge in [0.05, 0.1) is 11.1 Å². The number of nitrogens with one attached hydrogen (secondary N) is 1. The third kappa shape index (κ3) is 5.24. The summed E-state index contributed by atoms with van der Waals surface area (Å²) >= 11 is 0. The molecule has 0 amide bonds. The molecule has 0 radical (unpaired) electrons. The second-order valence-corrected chi connectivity index (χ2v) is 7.46. The van der Waals surface area contributed by atoms with E-state index in [0.717, 1.165) is 16.5 Å². The lowest BCUT2D eigenvalue weighted by Crippen LogP contribution is -2.11. The third-order valence-corrected chi connectivity index (χ3v) is 5.13. The molecule has 0 fully saturated rings. The molecule has 0 saturated carbocycles. The lowest BCUT2D eigenvalue weighted by atomic mass is 10.0. The van der Waals surface area contributed by atoms with Crippen LogP contribution in [0.4, 0.5) is 37.8 Å². The van der Waals surface area contributed by atoms with Crippen LogP contribution in [0.5, 0.6) is 0 Å². The number of fused-ring (bicyclic) bond motifs is 1. The van der Waals surface area contributed by atoms with E-state index >= 15 is 0 Å². The summed E-state index contributed by atoms with van der Waals surface area (Å²) in [4.78, 5) is 8.39. The fourth-order valence-electron chi connectivity index (χ4n) is 3.54. The summed E-state index contributed by atoms with van der Waals surface area (Å²) in [7, 11) is 0. The van der Waals surface area contributed by atoms with Crippen molar-refractivity contribution in [3.63, 3.8) is 0 Å². The Balaban J connectivity index is 1.70. The van der Waals surface area contributed by atoms with Crippen LogP contribution in [0.15, 0.2) is 73.2 Å². The molecule has 0 unspecified atom stereocenters. The maximum Gasteiger partial charge on any atom is 0.416 e. The van der Waals surface area contributed by atoms with Crippen LogP contribution < -0.4 is 5.32 Å². The highest BCUT2D eigenvalue weighted by atomic mass is 19.4. The Hall–Kier alpha value is -3.62. The number of hydrogen-bond donors (Lipinski definition) is 1. The van der Waals surface area contributed by atoms with Gasteiger partial charge < -0.3 is 5.32 Å². The van der Waals surface area contributed by atoms with Crippen LogP contribution in [0, 0.1) is 0 Å². The molecule has 3 nitrogen and oxygen atoms in total. The van der Waals surface area contributed by atoms with E-state index in [1.165, 1.54) is 0 Å². The number of anilines is 2. The predicted octanol–water partition coefficient (Wildman–Crippen LogP) is 7.20. The number of aromatic nitrogens is 2. The Morgan fingerprint density at radius 1 is 0.727 bits per heavy atom. The quantitative estimate of drug-likeness (QED) is 0.320. The van der Waals surface area contributed by atoms with Gasteiger partial charge in [-0.2, -0.15) is 26.3 Å². The summed E-state index contributed by atoms with van der Waals surface area (Å²) in [6.45, 7) is 0. The summed E-state index contributed by atoms with van der Waals surface area (Å²) < 4.78 is 79.1. The molecule has 33 heavy (non-hydrogen) atoms. The van der Waals surface area contributed by atoms with Gasteiger partial charge in [-0.3, -0.25) is 4.98 Å². The molecule has 0 aliphatic rings. The molecule has 0 bridgehead atoms. The zero-order valence-corrected chi connectivity index (χ0v) is 17.0. The van der Waals surface area contributed by atoms with Gasteiger partial charge in [-0.25, -0.2) is 4.98 Å². The van der Waals surface area contributed by atoms with Gasteiger partial charge in [-0.15, -0.1) is 0 Å². The van der Waals surface area contributed by atoms with Crippen molar-refractivity contribution >= 4 is 22.3 Å². The third-order valence-electron chi connectivity index (χ3n) is 5.13. The van der Waals surface area contributed by atoms with E-state index in [2.05, 4.69) is 15.3 Å². The molecule has 0 saturated heterocycles. The smallest absolute Gasteiger partial charge is 0.340 e. The molecule has 0 aliphatic heterocycles. The van der Waals surface area contributed by atoms with Crippen molar-refractivity contribution in [3.8, 4) is 0 Å². The van der Waals surface area contributed by atoms with Crippen LogP contribution >= 0.6 is 0 Å². The van der Waals surface area contributed by atoms with Crippen LogP contribution in [0.2, 0.25) is 0 Å². The van der Waals surface area contributed by atoms with Gasteiger partial charge in [-0.1, -0.05) is 30.3 Å². The van der Waals surface area contributed by atoms with E-state index in [-0.39, 0.29) is 17.6 Å². The number of aryl methyl sites for hydroxylation is 2. The summed E-state index contributed by atoms with van der Waals surface area (Å²) in [5.74, 6) is 0.170. The highest BCUT2D eigenvalue weighted by Gasteiger charge is 2.37. The summed E-state index contributed by atoms with van der Waals surface area (Å²) in [6, 6.07) is 12.3. The minimum absolute atomic E-state index is 0.0955. The lowest BCUT2D eigenvalue weighted by molar-refractivity contribution is -0.143. The minimum Gasteiger partial charge on any atom is -0.340 e. The first kappa shape index (κ1) is 22.6. The van der Waals surface area contributed by atoms with Gasteiger partial charge in [0.15, 0.2) is 0 Å². The molecular weight excluding hydrogens is 444 g/mol. The molecule has 1 N–H and O–H groups in total. The zero-order valence-electron chi connectivity index (χ0n) is 17.0. The molecule has 4 rings (SSSR count). The normalized spacial score (nSPS) is 12.2. The maximum absolute atomic E-state index is 13.2. The molecule has 2 aromatic carbocycles. The Kier molecular flexibility index (Phi) is 5.97. The number of halogens is 6. The summed E-state index contributed by atoms with van der Waals surface area (Å²) in [6.07, 6.45) is -3.49. The SMILES string of the molecule is FC(F)(F)c1cc(Nc2ncc(CCc3cccnc3)c3ccccc23)cc(C(F)(F)F)c1. The monoisotopic (exact) mass is 461 g/mol. The van der Waals surface area contributed by atoms with Crippen molar-refractivity contribution < 1.29 is 26.3 Å². The first-order chi connectivity index (χ1) is 15.6. The number of alkyl halides is 6. The van der Waals surface area contributed by atoms with Crippen molar-refractivity contribution in [1.82, 2.24) is 9.97 Å². The fourth-order valence-corrected chi connectivity index (χ4v) is 3.54. The molecule has 2 aromatic heterocycles. The first-order valence-electron chi connectivity index (χ1n) is 9.93. The molecule has 0 atom stereocenters. The highest BCUT2D eigenvalue weighted by molar-refractivity contribution is 5.95. The van der Waals surface area contributed by atoms with Crippen molar-refractivity contribution in [2.75, 3.05) is 5.32 Å². The standard InChI is InChI=1S/C24H17F6N3/c25-23(26,27)17-10-18(24(28,29)30)12-19(11-17)33-22-21-6-2-1-5-20(21)16(14-32-22)8-7-15-4-3-9-31-13-15/h1-6,9-14H,7-8H2,(H,32,33). The molecule has 170 valence electrons. The van der Waals surface area contributed by atoms with Crippen LogP contribution in [-0.2, 0) is 25.2 Å². The van der Waals surface area contributed by atoms with Gasteiger partial charge in [0.2, 0.25) is 0 Å². The topological polar surface area (TPSA) is 37.8 Å². The Morgan fingerprint density at radius 3 is 2.00 bits per heavy atom. The van der Waals surface area contributed by atoms with Crippen molar-refractivity contribution in [2.24, 2.45) is 0 Å². The number of benzene rings is 2. The van der Waals surface area contributed by atoms with E-state index in [1.807, 2.05) is 24.3 Å². The van der Waals surface area contributed by atoms with E-state index in [9.17, 15) is 26.3 Å². The van der Waals surface area contributed by atoms with Gasteiger partial charge in [0.25, 0.3) is 0 Å². The number of hydrogen-bond acceptors (Lipinski definition) is 3. The Morgan fingerprint density at radius 2 is 1.39 bits per heavy atom. The highest BCUT2D eigenvalue weighted by Crippen LogP contribution is 2.38. The molecule has 0 aliphatic carbocycles. The van der Waals surface area contributed by atoms with Gasteiger partial charge in [-0.05, 0) is 53.6 Å². The van der Waals surface area contributed by atoms with Gasteiger partial charge >= 0.3 is 12.4 Å². The molecule has 4 aromatic rings. The van der Waals surface area contributed by atoms with Gasteiger partial charge in [0, 0.05) is 29.7 Å². The Bertz CT molecular complexity index is 1230. The van der Waals surface area contributed by atoms with E-state index in [1.54, 1.807) is 30.7 Å². The first-order valence-corrected chi connectivity index (χ1v) is 9.93. The molecule has 9 heteroatoms. The van der Waals surface area contributed by atoms with Gasteiger partial charge in [0.1, 0.15) is 5.82 Å². The largest absolute Gasteiger partial charge is 0.416 e. The average molecular weight is 461 g/mol. The van der Waals surface area contributed by atoms with E-state index in [0.29, 0.717) is 30.4 Å². The zero-order chi connectivity index (χ0) is 23.6. The number of rotatable bonds is 5. The average Bonchev–Trinajstić information content (AvgIpc) is 2.78. The Labute approximate surface area is 185 Å². The van der Waals surface area contributed by atoms with Crippen LogP contribution in [0.25, 0.3) is 10.8 Å². The predicted molar refractivity (Wildman–Crippen MR) is 113 cm³/mol. The number of nitrogens with zero attached hydrogens (tertiary/aromatic N) is 2. The van der Waals surface area contributed by atoms with Crippen molar-refractivity contribution in [3.05, 3.63) is 95.4 Å². The van der Waals surface area contributed by atoms with Crippen molar-refractivity contribution in [1.29, 1.82) is 0 Å². The summed E-state index contributed by atoms with van der Waals surface area (Å²) in [5, 5.41) is 4.05. The van der Waals surface area contributed by atoms with E-state index in [4.69, 9.17) is 0 Å². The second kappa shape index (κ2) is 8.73. The molecule has 0 spiro atoms. The van der Waals surface area contributed by atoms with E-state index < -0.39 is 23.5 Å². The fraction of sp³-hybridized carbons (Fsp3) is 0.167. The van der Waals surface area contributed by atoms with Crippen LogP contribution in [-0.4, -0.2) is 9.97 Å². The molecule has 2 heterocycles. The summed E-state index contributed by atoms with van der Waals surface area (Å²) in [5.41, 5.74) is -1.19. The van der Waals surface area contributed by atoms with Crippen LogP contribution in [0.3, 0.4) is 0 Å². The minimum atomic E-state index is -4.93. The molecular formula is C24H17F6N3. The van der Waals surface area contributed by atoms with Crippen LogP contribution in [0.1, 0.15) is 22.3 Å².